The van der Waals surface area contributed by atoms with Crippen molar-refractivity contribution in [2.75, 3.05) is 0 Å². The fourth-order valence-electron chi connectivity index (χ4n) is 2.59. The van der Waals surface area contributed by atoms with E-state index < -0.39 is 0 Å². The molecule has 0 aromatic carbocycles. The topological polar surface area (TPSA) is 57.8 Å². The summed E-state index contributed by atoms with van der Waals surface area (Å²) in [6.07, 6.45) is 6.66. The van der Waals surface area contributed by atoms with Crippen molar-refractivity contribution in [2.24, 2.45) is 0 Å². The smallest absolute Gasteiger partial charge is 0.248 e. The normalized spacial score (nSPS) is 18.0. The quantitative estimate of drug-likeness (QED) is 0.872. The van der Waals surface area contributed by atoms with Gasteiger partial charge in [-0.05, 0) is 36.5 Å². The molecule has 2 aromatic rings. The van der Waals surface area contributed by atoms with E-state index in [1.165, 1.54) is 11.1 Å². The molecule has 2 heterocycles. The van der Waals surface area contributed by atoms with Crippen molar-refractivity contribution in [3.8, 4) is 0 Å². The lowest BCUT2D eigenvalue weighted by atomic mass is 9.92. The summed E-state index contributed by atoms with van der Waals surface area (Å²) in [6, 6.07) is 8.07. The molecule has 2 N–H and O–H groups in total. The van der Waals surface area contributed by atoms with Gasteiger partial charge in [-0.3, -0.25) is 9.78 Å². The number of rotatable bonds is 3. The van der Waals surface area contributed by atoms with E-state index >= 15 is 0 Å². The van der Waals surface area contributed by atoms with Gasteiger partial charge in [0.1, 0.15) is 0 Å². The Balaban J connectivity index is 1.63. The number of aromatic nitrogens is 2. The molecule has 0 spiro atoms. The number of aromatic amines is 1. The van der Waals surface area contributed by atoms with Crippen LogP contribution in [-0.4, -0.2) is 16.0 Å². The largest absolute Gasteiger partial charge is 0.326 e. The van der Waals surface area contributed by atoms with Gasteiger partial charge in [0.2, 0.25) is 5.56 Å². The summed E-state index contributed by atoms with van der Waals surface area (Å²) in [6.45, 7) is 0.844. The zero-order chi connectivity index (χ0) is 13.1. The van der Waals surface area contributed by atoms with E-state index in [0.717, 1.165) is 31.5 Å². The molecular weight excluding hydrogens is 238 g/mol. The minimum absolute atomic E-state index is 0.000481. The molecule has 1 unspecified atom stereocenters. The van der Waals surface area contributed by atoms with Crippen molar-refractivity contribution in [3.05, 3.63) is 63.8 Å². The van der Waals surface area contributed by atoms with Crippen LogP contribution in [0.4, 0.5) is 0 Å². The van der Waals surface area contributed by atoms with Gasteiger partial charge in [-0.15, -0.1) is 0 Å². The molecule has 4 nitrogen and oxygen atoms in total. The van der Waals surface area contributed by atoms with Gasteiger partial charge < -0.3 is 10.3 Å². The first-order chi connectivity index (χ1) is 9.31. The molecule has 0 amide bonds. The molecule has 0 saturated heterocycles. The van der Waals surface area contributed by atoms with Gasteiger partial charge in [-0.1, -0.05) is 12.1 Å². The zero-order valence-electron chi connectivity index (χ0n) is 10.7. The first kappa shape index (κ1) is 12.1. The summed E-state index contributed by atoms with van der Waals surface area (Å²) in [5.41, 5.74) is 3.57. The number of nitrogens with zero attached hydrogens (tertiary/aromatic N) is 1. The van der Waals surface area contributed by atoms with E-state index in [-0.39, 0.29) is 5.56 Å². The summed E-state index contributed by atoms with van der Waals surface area (Å²) < 4.78 is 0. The second-order valence-corrected chi connectivity index (χ2v) is 5.01. The molecule has 1 atom stereocenters. The lowest BCUT2D eigenvalue weighted by Crippen LogP contribution is -2.35. The first-order valence-electron chi connectivity index (χ1n) is 6.64. The lowest BCUT2D eigenvalue weighted by molar-refractivity contribution is 0.452. The van der Waals surface area contributed by atoms with Crippen LogP contribution in [-0.2, 0) is 19.4 Å². The maximum atomic E-state index is 11.3. The third-order valence-corrected chi connectivity index (χ3v) is 3.62. The fraction of sp³-hybridized carbons (Fsp3) is 0.333. The number of fused-ring (bicyclic) bond motifs is 1. The van der Waals surface area contributed by atoms with Crippen LogP contribution in [0.3, 0.4) is 0 Å². The van der Waals surface area contributed by atoms with Crippen molar-refractivity contribution in [1.29, 1.82) is 0 Å². The van der Waals surface area contributed by atoms with E-state index in [4.69, 9.17) is 0 Å². The minimum Gasteiger partial charge on any atom is -0.326 e. The predicted octanol–water partition coefficient (Wildman–Crippen LogP) is 1.42. The van der Waals surface area contributed by atoms with Gasteiger partial charge in [-0.2, -0.15) is 0 Å². The second-order valence-electron chi connectivity index (χ2n) is 5.01. The SMILES string of the molecule is O=c1ccc2c([nH]1)CCC(NCc1cccnc1)C2. The standard InChI is InChI=1S/C15H17N3O/c19-15-6-3-12-8-13(4-5-14(12)18-15)17-10-11-2-1-7-16-9-11/h1-3,6-7,9,13,17H,4-5,8,10H2,(H,18,19). The summed E-state index contributed by atoms with van der Waals surface area (Å²) in [5, 5.41) is 3.56. The number of pyridine rings is 2. The highest BCUT2D eigenvalue weighted by atomic mass is 16.1. The molecule has 2 aromatic heterocycles. The highest BCUT2D eigenvalue weighted by molar-refractivity contribution is 5.24. The zero-order valence-corrected chi connectivity index (χ0v) is 10.7. The van der Waals surface area contributed by atoms with Crippen LogP contribution >= 0.6 is 0 Å². The highest BCUT2D eigenvalue weighted by Gasteiger charge is 2.18. The van der Waals surface area contributed by atoms with Crippen molar-refractivity contribution in [1.82, 2.24) is 15.3 Å². The predicted molar refractivity (Wildman–Crippen MR) is 74.0 cm³/mol. The Morgan fingerprint density at radius 2 is 2.32 bits per heavy atom. The Hall–Kier alpha value is -1.94. The van der Waals surface area contributed by atoms with Crippen LogP contribution in [0, 0.1) is 0 Å². The van der Waals surface area contributed by atoms with E-state index in [9.17, 15) is 4.79 Å². The van der Waals surface area contributed by atoms with Crippen LogP contribution in [0.1, 0.15) is 23.2 Å². The molecule has 1 aliphatic carbocycles. The molecule has 0 aliphatic heterocycles. The number of hydrogen-bond acceptors (Lipinski definition) is 3. The maximum Gasteiger partial charge on any atom is 0.248 e. The number of H-pyrrole nitrogens is 1. The van der Waals surface area contributed by atoms with E-state index in [0.29, 0.717) is 6.04 Å². The van der Waals surface area contributed by atoms with Crippen molar-refractivity contribution >= 4 is 0 Å². The molecular formula is C15H17N3O. The Bertz CT molecular complexity index is 606. The third-order valence-electron chi connectivity index (χ3n) is 3.62. The molecule has 3 rings (SSSR count). The molecule has 4 heteroatoms. The molecule has 0 bridgehead atoms. The number of nitrogens with one attached hydrogen (secondary N) is 2. The molecule has 0 fully saturated rings. The van der Waals surface area contributed by atoms with Gasteiger partial charge in [0, 0.05) is 36.7 Å². The monoisotopic (exact) mass is 255 g/mol. The van der Waals surface area contributed by atoms with E-state index in [2.05, 4.69) is 21.4 Å². The van der Waals surface area contributed by atoms with Gasteiger partial charge >= 0.3 is 0 Å². The average Bonchev–Trinajstić information content (AvgIpc) is 2.46. The maximum absolute atomic E-state index is 11.3. The van der Waals surface area contributed by atoms with Crippen LogP contribution in [0.2, 0.25) is 0 Å². The van der Waals surface area contributed by atoms with Crippen LogP contribution in [0.15, 0.2) is 41.5 Å². The van der Waals surface area contributed by atoms with E-state index in [1.807, 2.05) is 18.3 Å². The van der Waals surface area contributed by atoms with Crippen LogP contribution in [0.5, 0.6) is 0 Å². The van der Waals surface area contributed by atoms with Gasteiger partial charge in [0.15, 0.2) is 0 Å². The molecule has 1 aliphatic rings. The van der Waals surface area contributed by atoms with Gasteiger partial charge in [0.25, 0.3) is 0 Å². The lowest BCUT2D eigenvalue weighted by Gasteiger charge is -2.25. The molecule has 0 saturated carbocycles. The van der Waals surface area contributed by atoms with Crippen LogP contribution in [0.25, 0.3) is 0 Å². The minimum atomic E-state index is 0.000481. The summed E-state index contributed by atoms with van der Waals surface area (Å²) in [7, 11) is 0. The van der Waals surface area contributed by atoms with Gasteiger partial charge in [0.05, 0.1) is 0 Å². The van der Waals surface area contributed by atoms with Crippen molar-refractivity contribution in [3.63, 3.8) is 0 Å². The summed E-state index contributed by atoms with van der Waals surface area (Å²) >= 11 is 0. The Labute approximate surface area is 111 Å². The molecule has 98 valence electrons. The second kappa shape index (κ2) is 5.36. The molecule has 0 radical (unpaired) electrons. The number of aryl methyl sites for hydroxylation is 1. The Morgan fingerprint density at radius 1 is 1.37 bits per heavy atom. The first-order valence-corrected chi connectivity index (χ1v) is 6.64. The van der Waals surface area contributed by atoms with Gasteiger partial charge in [-0.25, -0.2) is 0 Å². The summed E-state index contributed by atoms with van der Waals surface area (Å²) in [5.74, 6) is 0. The van der Waals surface area contributed by atoms with Crippen molar-refractivity contribution < 1.29 is 0 Å². The Kier molecular flexibility index (Phi) is 3.42. The molecule has 19 heavy (non-hydrogen) atoms. The summed E-state index contributed by atoms with van der Waals surface area (Å²) in [4.78, 5) is 18.3. The highest BCUT2D eigenvalue weighted by Crippen LogP contribution is 2.18. The fourth-order valence-corrected chi connectivity index (χ4v) is 2.59. The van der Waals surface area contributed by atoms with E-state index in [1.54, 1.807) is 12.3 Å². The Morgan fingerprint density at radius 3 is 3.16 bits per heavy atom. The van der Waals surface area contributed by atoms with Crippen molar-refractivity contribution in [2.45, 2.75) is 31.8 Å². The third kappa shape index (κ3) is 2.90. The average molecular weight is 255 g/mol. The number of hydrogen-bond donors (Lipinski definition) is 2. The van der Waals surface area contributed by atoms with Crippen LogP contribution < -0.4 is 10.9 Å².